The molecule has 0 aliphatic heterocycles. The van der Waals surface area contributed by atoms with Crippen LogP contribution in [0.1, 0.15) is 32.6 Å². The topological polar surface area (TPSA) is 59.1 Å². The van der Waals surface area contributed by atoms with Gasteiger partial charge in [-0.05, 0) is 44.7 Å². The number of rotatable bonds is 3. The Labute approximate surface area is 107 Å². The molecule has 2 rings (SSSR count). The summed E-state index contributed by atoms with van der Waals surface area (Å²) < 4.78 is 0. The van der Waals surface area contributed by atoms with E-state index in [4.69, 9.17) is 0 Å². The van der Waals surface area contributed by atoms with Gasteiger partial charge < -0.3 is 5.32 Å². The third-order valence-electron chi connectivity index (χ3n) is 3.62. The van der Waals surface area contributed by atoms with Gasteiger partial charge in [0, 0.05) is 29.9 Å². The number of Topliss-reactive ketones (excluding diaryl/α,β-unsaturated/α-hetero) is 1. The van der Waals surface area contributed by atoms with Crippen molar-refractivity contribution in [3.05, 3.63) is 24.5 Å². The molecular formula is C14H18N2O2. The van der Waals surface area contributed by atoms with Gasteiger partial charge in [-0.15, -0.1) is 0 Å². The third-order valence-corrected chi connectivity index (χ3v) is 3.62. The zero-order chi connectivity index (χ0) is 13.0. The summed E-state index contributed by atoms with van der Waals surface area (Å²) in [6, 6.07) is 3.55. The van der Waals surface area contributed by atoms with Gasteiger partial charge in [0.25, 0.3) is 0 Å². The lowest BCUT2D eigenvalue weighted by Gasteiger charge is -2.26. The molecule has 0 atom stereocenters. The molecule has 1 heterocycles. The van der Waals surface area contributed by atoms with E-state index in [1.807, 2.05) is 0 Å². The number of carbonyl (C=O) groups excluding carboxylic acids is 2. The number of carbonyl (C=O) groups is 2. The summed E-state index contributed by atoms with van der Waals surface area (Å²) >= 11 is 0. The van der Waals surface area contributed by atoms with Crippen molar-refractivity contribution in [1.82, 2.24) is 4.98 Å². The maximum absolute atomic E-state index is 12.0. The Hall–Kier alpha value is -1.71. The largest absolute Gasteiger partial charge is 0.326 e. The van der Waals surface area contributed by atoms with Crippen molar-refractivity contribution in [3.63, 3.8) is 0 Å². The van der Waals surface area contributed by atoms with Crippen molar-refractivity contribution in [2.75, 3.05) is 5.32 Å². The Kier molecular flexibility index (Phi) is 4.07. The normalized spacial score (nSPS) is 23.4. The summed E-state index contributed by atoms with van der Waals surface area (Å²) in [4.78, 5) is 27.2. The molecular weight excluding hydrogens is 228 g/mol. The van der Waals surface area contributed by atoms with Crippen molar-refractivity contribution >= 4 is 17.4 Å². The monoisotopic (exact) mass is 246 g/mol. The van der Waals surface area contributed by atoms with Crippen molar-refractivity contribution in [2.24, 2.45) is 11.8 Å². The molecule has 4 nitrogen and oxygen atoms in total. The standard InChI is InChI=1S/C14H18N2O2/c1-10(17)11-2-4-12(5-3-11)14(18)16-13-6-8-15-9-7-13/h6-9,11-12H,2-5H2,1H3,(H,15,16,18). The Bertz CT molecular complexity index is 423. The number of hydrogen-bond donors (Lipinski definition) is 1. The predicted octanol–water partition coefficient (Wildman–Crippen LogP) is 2.42. The maximum Gasteiger partial charge on any atom is 0.227 e. The highest BCUT2D eigenvalue weighted by Gasteiger charge is 2.28. The molecule has 0 saturated heterocycles. The summed E-state index contributed by atoms with van der Waals surface area (Å²) in [7, 11) is 0. The molecule has 96 valence electrons. The fraction of sp³-hybridized carbons (Fsp3) is 0.500. The van der Waals surface area contributed by atoms with Gasteiger partial charge in [-0.25, -0.2) is 0 Å². The predicted molar refractivity (Wildman–Crippen MR) is 69.0 cm³/mol. The highest BCUT2D eigenvalue weighted by Crippen LogP contribution is 2.30. The van der Waals surface area contributed by atoms with Crippen molar-refractivity contribution < 1.29 is 9.59 Å². The molecule has 1 aliphatic rings. The van der Waals surface area contributed by atoms with Crippen LogP contribution in [0, 0.1) is 11.8 Å². The molecule has 1 aromatic rings. The van der Waals surface area contributed by atoms with E-state index in [9.17, 15) is 9.59 Å². The Morgan fingerprint density at radius 1 is 1.11 bits per heavy atom. The first kappa shape index (κ1) is 12.7. The zero-order valence-electron chi connectivity index (χ0n) is 10.6. The first-order valence-electron chi connectivity index (χ1n) is 6.38. The SMILES string of the molecule is CC(=O)C1CCC(C(=O)Nc2ccncc2)CC1. The summed E-state index contributed by atoms with van der Waals surface area (Å²) in [5.74, 6) is 0.509. The second-order valence-corrected chi connectivity index (χ2v) is 4.88. The lowest BCUT2D eigenvalue weighted by Crippen LogP contribution is -2.29. The van der Waals surface area contributed by atoms with Crippen LogP contribution in [0.5, 0.6) is 0 Å². The van der Waals surface area contributed by atoms with Crippen molar-refractivity contribution in [1.29, 1.82) is 0 Å². The van der Waals surface area contributed by atoms with E-state index < -0.39 is 0 Å². The Morgan fingerprint density at radius 3 is 2.22 bits per heavy atom. The molecule has 1 amide bonds. The average molecular weight is 246 g/mol. The van der Waals surface area contributed by atoms with E-state index in [0.717, 1.165) is 31.4 Å². The van der Waals surface area contributed by atoms with Gasteiger partial charge >= 0.3 is 0 Å². The molecule has 0 spiro atoms. The van der Waals surface area contributed by atoms with E-state index in [-0.39, 0.29) is 23.5 Å². The van der Waals surface area contributed by atoms with Crippen LogP contribution in [0.25, 0.3) is 0 Å². The van der Waals surface area contributed by atoms with Crippen LogP contribution in [-0.2, 0) is 9.59 Å². The molecule has 0 unspecified atom stereocenters. The van der Waals surface area contributed by atoms with E-state index >= 15 is 0 Å². The third kappa shape index (κ3) is 3.15. The average Bonchev–Trinajstić information content (AvgIpc) is 2.40. The summed E-state index contributed by atoms with van der Waals surface area (Å²) in [5.41, 5.74) is 0.781. The molecule has 0 radical (unpaired) electrons. The highest BCUT2D eigenvalue weighted by atomic mass is 16.2. The lowest BCUT2D eigenvalue weighted by molar-refractivity contribution is -0.125. The van der Waals surface area contributed by atoms with Crippen LogP contribution in [0.4, 0.5) is 5.69 Å². The molecule has 0 bridgehead atoms. The van der Waals surface area contributed by atoms with Crippen LogP contribution in [0.3, 0.4) is 0 Å². The number of anilines is 1. The van der Waals surface area contributed by atoms with Crippen molar-refractivity contribution in [3.8, 4) is 0 Å². The molecule has 1 aliphatic carbocycles. The Balaban J connectivity index is 1.86. The summed E-state index contributed by atoms with van der Waals surface area (Å²) in [6.07, 6.45) is 6.60. The number of ketones is 1. The van der Waals surface area contributed by atoms with Gasteiger partial charge in [-0.3, -0.25) is 14.6 Å². The number of hydrogen-bond acceptors (Lipinski definition) is 3. The molecule has 1 fully saturated rings. The fourth-order valence-corrected chi connectivity index (χ4v) is 2.44. The second-order valence-electron chi connectivity index (χ2n) is 4.88. The molecule has 1 saturated carbocycles. The van der Waals surface area contributed by atoms with Crippen molar-refractivity contribution in [2.45, 2.75) is 32.6 Å². The molecule has 1 aromatic heterocycles. The van der Waals surface area contributed by atoms with Crippen LogP contribution < -0.4 is 5.32 Å². The second kappa shape index (κ2) is 5.76. The molecule has 4 heteroatoms. The maximum atomic E-state index is 12.0. The van der Waals surface area contributed by atoms with Gasteiger partial charge in [-0.1, -0.05) is 0 Å². The van der Waals surface area contributed by atoms with E-state index in [1.165, 1.54) is 0 Å². The van der Waals surface area contributed by atoms with E-state index in [2.05, 4.69) is 10.3 Å². The van der Waals surface area contributed by atoms with Crippen LogP contribution in [0.2, 0.25) is 0 Å². The minimum atomic E-state index is 0.0359. The smallest absolute Gasteiger partial charge is 0.227 e. The number of pyridine rings is 1. The van der Waals surface area contributed by atoms with Gasteiger partial charge in [0.2, 0.25) is 5.91 Å². The van der Waals surface area contributed by atoms with Gasteiger partial charge in [0.15, 0.2) is 0 Å². The Morgan fingerprint density at radius 2 is 1.67 bits per heavy atom. The fourth-order valence-electron chi connectivity index (χ4n) is 2.44. The van der Waals surface area contributed by atoms with Crippen LogP contribution in [0.15, 0.2) is 24.5 Å². The van der Waals surface area contributed by atoms with E-state index in [1.54, 1.807) is 31.5 Å². The molecule has 1 N–H and O–H groups in total. The van der Waals surface area contributed by atoms with Gasteiger partial charge in [0.1, 0.15) is 5.78 Å². The van der Waals surface area contributed by atoms with E-state index in [0.29, 0.717) is 0 Å². The first-order valence-corrected chi connectivity index (χ1v) is 6.38. The first-order chi connectivity index (χ1) is 8.66. The number of amides is 1. The number of aromatic nitrogens is 1. The number of nitrogens with zero attached hydrogens (tertiary/aromatic N) is 1. The summed E-state index contributed by atoms with van der Waals surface area (Å²) in [5, 5.41) is 2.89. The van der Waals surface area contributed by atoms with Crippen LogP contribution in [-0.4, -0.2) is 16.7 Å². The molecule has 18 heavy (non-hydrogen) atoms. The number of nitrogens with one attached hydrogen (secondary N) is 1. The summed E-state index contributed by atoms with van der Waals surface area (Å²) in [6.45, 7) is 1.64. The highest BCUT2D eigenvalue weighted by molar-refractivity contribution is 5.92. The molecule has 0 aromatic carbocycles. The minimum absolute atomic E-state index is 0.0359. The lowest BCUT2D eigenvalue weighted by atomic mass is 9.80. The van der Waals surface area contributed by atoms with Crippen LogP contribution >= 0.6 is 0 Å². The van der Waals surface area contributed by atoms with Gasteiger partial charge in [-0.2, -0.15) is 0 Å². The quantitative estimate of drug-likeness (QED) is 0.891. The minimum Gasteiger partial charge on any atom is -0.326 e. The zero-order valence-corrected chi connectivity index (χ0v) is 10.6. The van der Waals surface area contributed by atoms with Gasteiger partial charge in [0.05, 0.1) is 0 Å².